The van der Waals surface area contributed by atoms with Crippen LogP contribution in [0.3, 0.4) is 0 Å². The van der Waals surface area contributed by atoms with E-state index < -0.39 is 0 Å². The molecular weight excluding hydrogens is 222 g/mol. The van der Waals surface area contributed by atoms with Crippen LogP contribution in [0.25, 0.3) is 0 Å². The fourth-order valence-corrected chi connectivity index (χ4v) is 2.94. The molecule has 0 bridgehead atoms. The molecule has 1 aliphatic carbocycles. The molecule has 2 atom stereocenters. The van der Waals surface area contributed by atoms with Crippen LogP contribution in [0, 0.1) is 0 Å². The summed E-state index contributed by atoms with van der Waals surface area (Å²) in [6.07, 6.45) is 5.21. The zero-order valence-corrected chi connectivity index (χ0v) is 11.0. The first-order chi connectivity index (χ1) is 8.83. The van der Waals surface area contributed by atoms with Gasteiger partial charge in [0.15, 0.2) is 5.96 Å². The van der Waals surface area contributed by atoms with Crippen LogP contribution in [-0.2, 0) is 6.54 Å². The number of hydrogen-bond acceptors (Lipinski definition) is 3. The van der Waals surface area contributed by atoms with Gasteiger partial charge in [0, 0.05) is 13.6 Å². The number of hydrogen-bond donors (Lipinski definition) is 1. The van der Waals surface area contributed by atoms with Gasteiger partial charge in [-0.25, -0.2) is 4.99 Å². The van der Waals surface area contributed by atoms with E-state index in [1.54, 1.807) is 0 Å². The van der Waals surface area contributed by atoms with Gasteiger partial charge in [-0.15, -0.1) is 0 Å². The van der Waals surface area contributed by atoms with E-state index in [2.05, 4.69) is 47.6 Å². The molecule has 0 amide bonds. The zero-order chi connectivity index (χ0) is 12.4. The first-order valence-electron chi connectivity index (χ1n) is 6.92. The van der Waals surface area contributed by atoms with E-state index in [1.807, 2.05) is 0 Å². The quantitative estimate of drug-likeness (QED) is 0.863. The second kappa shape index (κ2) is 5.01. The van der Waals surface area contributed by atoms with Crippen molar-refractivity contribution in [2.75, 3.05) is 7.05 Å². The van der Waals surface area contributed by atoms with E-state index >= 15 is 0 Å². The summed E-state index contributed by atoms with van der Waals surface area (Å²) in [4.78, 5) is 7.07. The summed E-state index contributed by atoms with van der Waals surface area (Å²) < 4.78 is 0. The molecule has 1 fully saturated rings. The van der Waals surface area contributed by atoms with Crippen LogP contribution < -0.4 is 5.32 Å². The van der Waals surface area contributed by atoms with Crippen LogP contribution in [-0.4, -0.2) is 30.0 Å². The summed E-state index contributed by atoms with van der Waals surface area (Å²) in [5, 5.41) is 3.59. The highest BCUT2D eigenvalue weighted by molar-refractivity contribution is 5.82. The van der Waals surface area contributed by atoms with Gasteiger partial charge in [0.05, 0.1) is 12.1 Å². The van der Waals surface area contributed by atoms with Crippen molar-refractivity contribution in [1.82, 2.24) is 10.2 Å². The van der Waals surface area contributed by atoms with E-state index in [-0.39, 0.29) is 0 Å². The molecule has 0 radical (unpaired) electrons. The van der Waals surface area contributed by atoms with Gasteiger partial charge in [0.1, 0.15) is 0 Å². The molecule has 0 saturated heterocycles. The van der Waals surface area contributed by atoms with Crippen molar-refractivity contribution in [3.05, 3.63) is 35.9 Å². The van der Waals surface area contributed by atoms with Crippen LogP contribution in [0.4, 0.5) is 0 Å². The van der Waals surface area contributed by atoms with Crippen molar-refractivity contribution in [1.29, 1.82) is 0 Å². The Morgan fingerprint density at radius 1 is 1.22 bits per heavy atom. The van der Waals surface area contributed by atoms with Gasteiger partial charge in [0.25, 0.3) is 0 Å². The molecule has 1 saturated carbocycles. The lowest BCUT2D eigenvalue weighted by Crippen LogP contribution is -2.42. The third-order valence-electron chi connectivity index (χ3n) is 3.96. The number of rotatable bonds is 2. The van der Waals surface area contributed by atoms with Gasteiger partial charge in [-0.05, 0) is 18.4 Å². The SMILES string of the molecule is CN(Cc1ccccc1)C1=NC2CCCCC2N1. The highest BCUT2D eigenvalue weighted by Gasteiger charge is 2.31. The summed E-state index contributed by atoms with van der Waals surface area (Å²) >= 11 is 0. The van der Waals surface area contributed by atoms with Gasteiger partial charge >= 0.3 is 0 Å². The second-order valence-corrected chi connectivity index (χ2v) is 5.40. The van der Waals surface area contributed by atoms with E-state index in [0.29, 0.717) is 12.1 Å². The molecule has 1 N–H and O–H groups in total. The fraction of sp³-hybridized carbons (Fsp3) is 0.533. The van der Waals surface area contributed by atoms with Crippen LogP contribution in [0.5, 0.6) is 0 Å². The van der Waals surface area contributed by atoms with Crippen LogP contribution in [0.1, 0.15) is 31.2 Å². The van der Waals surface area contributed by atoms with Crippen molar-refractivity contribution in [2.24, 2.45) is 4.99 Å². The largest absolute Gasteiger partial charge is 0.351 e. The summed E-state index contributed by atoms with van der Waals surface area (Å²) in [6.45, 7) is 0.923. The predicted molar refractivity (Wildman–Crippen MR) is 74.5 cm³/mol. The van der Waals surface area contributed by atoms with Gasteiger partial charge in [-0.2, -0.15) is 0 Å². The Morgan fingerprint density at radius 3 is 2.78 bits per heavy atom. The molecule has 0 spiro atoms. The minimum Gasteiger partial charge on any atom is -0.351 e. The lowest BCUT2D eigenvalue weighted by molar-refractivity contribution is 0.381. The van der Waals surface area contributed by atoms with Gasteiger partial charge in [-0.1, -0.05) is 43.2 Å². The smallest absolute Gasteiger partial charge is 0.194 e. The highest BCUT2D eigenvalue weighted by Crippen LogP contribution is 2.25. The molecule has 1 aliphatic heterocycles. The molecular formula is C15H21N3. The van der Waals surface area contributed by atoms with Crippen LogP contribution in [0.15, 0.2) is 35.3 Å². The van der Waals surface area contributed by atoms with E-state index in [0.717, 1.165) is 12.5 Å². The monoisotopic (exact) mass is 243 g/mol. The van der Waals surface area contributed by atoms with Crippen molar-refractivity contribution in [3.8, 4) is 0 Å². The first kappa shape index (κ1) is 11.6. The van der Waals surface area contributed by atoms with Gasteiger partial charge in [0.2, 0.25) is 0 Å². The van der Waals surface area contributed by atoms with E-state index in [1.165, 1.54) is 31.2 Å². The predicted octanol–water partition coefficient (Wildman–Crippen LogP) is 2.39. The third kappa shape index (κ3) is 2.35. The fourth-order valence-electron chi connectivity index (χ4n) is 2.94. The lowest BCUT2D eigenvalue weighted by Gasteiger charge is -2.24. The van der Waals surface area contributed by atoms with Crippen molar-refractivity contribution >= 4 is 5.96 Å². The lowest BCUT2D eigenvalue weighted by atomic mass is 9.92. The minimum atomic E-state index is 0.520. The second-order valence-electron chi connectivity index (χ2n) is 5.40. The van der Waals surface area contributed by atoms with Crippen LogP contribution in [0.2, 0.25) is 0 Å². The van der Waals surface area contributed by atoms with Crippen LogP contribution >= 0.6 is 0 Å². The topological polar surface area (TPSA) is 27.6 Å². The maximum absolute atomic E-state index is 4.84. The molecule has 0 aromatic heterocycles. The number of aliphatic imine (C=N–C) groups is 1. The average molecular weight is 243 g/mol. The summed E-state index contributed by atoms with van der Waals surface area (Å²) in [7, 11) is 2.12. The van der Waals surface area contributed by atoms with E-state index in [9.17, 15) is 0 Å². The molecule has 3 rings (SSSR count). The molecule has 96 valence electrons. The van der Waals surface area contributed by atoms with Gasteiger partial charge < -0.3 is 10.2 Å². The molecule has 1 aromatic rings. The Hall–Kier alpha value is -1.51. The number of guanidine groups is 1. The first-order valence-corrected chi connectivity index (χ1v) is 6.92. The minimum absolute atomic E-state index is 0.520. The molecule has 1 aromatic carbocycles. The Morgan fingerprint density at radius 2 is 2.00 bits per heavy atom. The number of fused-ring (bicyclic) bond motifs is 1. The maximum atomic E-state index is 4.84. The third-order valence-corrected chi connectivity index (χ3v) is 3.96. The summed E-state index contributed by atoms with van der Waals surface area (Å²) in [5.74, 6) is 1.08. The molecule has 3 heteroatoms. The average Bonchev–Trinajstić information content (AvgIpc) is 2.84. The van der Waals surface area contributed by atoms with Crippen molar-refractivity contribution in [2.45, 2.75) is 44.3 Å². The number of benzene rings is 1. The highest BCUT2D eigenvalue weighted by atomic mass is 15.3. The summed E-state index contributed by atoms with van der Waals surface area (Å²) in [6, 6.07) is 11.7. The standard InChI is InChI=1S/C15H21N3/c1-18(11-12-7-3-2-4-8-12)15-16-13-9-5-6-10-14(13)17-15/h2-4,7-8,13-14H,5-6,9-11H2,1H3,(H,16,17). The van der Waals surface area contributed by atoms with Gasteiger partial charge in [-0.3, -0.25) is 0 Å². The molecule has 2 unspecified atom stereocenters. The molecule has 3 nitrogen and oxygen atoms in total. The molecule has 2 aliphatic rings. The van der Waals surface area contributed by atoms with Crippen molar-refractivity contribution < 1.29 is 0 Å². The maximum Gasteiger partial charge on any atom is 0.194 e. The summed E-state index contributed by atoms with van der Waals surface area (Å²) in [5.41, 5.74) is 1.33. The Bertz CT molecular complexity index is 427. The van der Waals surface area contributed by atoms with Crippen molar-refractivity contribution in [3.63, 3.8) is 0 Å². The Balaban J connectivity index is 1.65. The molecule has 18 heavy (non-hydrogen) atoms. The van der Waals surface area contributed by atoms with E-state index in [4.69, 9.17) is 4.99 Å². The Labute approximate surface area is 109 Å². The Kier molecular flexibility index (Phi) is 3.22. The number of nitrogens with zero attached hydrogens (tertiary/aromatic N) is 2. The number of nitrogens with one attached hydrogen (secondary N) is 1. The molecule has 1 heterocycles. The zero-order valence-electron chi connectivity index (χ0n) is 11.0. The normalized spacial score (nSPS) is 26.2.